The molecule has 124 valence electrons. The number of amides is 2. The molecule has 1 aromatic heterocycles. The topological polar surface area (TPSA) is 91.0 Å². The van der Waals surface area contributed by atoms with Gasteiger partial charge < -0.3 is 10.2 Å². The molecule has 0 saturated carbocycles. The van der Waals surface area contributed by atoms with Crippen LogP contribution in [0.15, 0.2) is 36.5 Å². The number of aromatic nitrogens is 2. The van der Waals surface area contributed by atoms with Crippen molar-refractivity contribution in [1.82, 2.24) is 14.7 Å². The Labute approximate surface area is 140 Å². The molecular formula is C17H19N5O2. The summed E-state index contributed by atoms with van der Waals surface area (Å²) >= 11 is 0. The van der Waals surface area contributed by atoms with E-state index in [1.807, 2.05) is 37.3 Å². The quantitative estimate of drug-likeness (QED) is 0.869. The highest BCUT2D eigenvalue weighted by molar-refractivity contribution is 6.39. The van der Waals surface area contributed by atoms with Crippen LogP contribution in [0.5, 0.6) is 0 Å². The van der Waals surface area contributed by atoms with Crippen LogP contribution in [0.25, 0.3) is 5.69 Å². The zero-order valence-electron chi connectivity index (χ0n) is 13.9. The van der Waals surface area contributed by atoms with Crippen molar-refractivity contribution in [1.29, 1.82) is 5.26 Å². The number of hydrogen-bond donors (Lipinski definition) is 1. The van der Waals surface area contributed by atoms with Gasteiger partial charge in [0.25, 0.3) is 0 Å². The van der Waals surface area contributed by atoms with Crippen LogP contribution in [0.2, 0.25) is 0 Å². The van der Waals surface area contributed by atoms with Crippen molar-refractivity contribution in [2.75, 3.05) is 12.4 Å². The molecule has 0 saturated heterocycles. The van der Waals surface area contributed by atoms with Gasteiger partial charge in [0.05, 0.1) is 24.4 Å². The molecule has 2 aromatic rings. The minimum absolute atomic E-state index is 0.163. The number of benzene rings is 1. The number of anilines is 1. The molecular weight excluding hydrogens is 306 g/mol. The van der Waals surface area contributed by atoms with Gasteiger partial charge >= 0.3 is 11.8 Å². The summed E-state index contributed by atoms with van der Waals surface area (Å²) in [4.78, 5) is 25.6. The Morgan fingerprint density at radius 3 is 2.75 bits per heavy atom. The van der Waals surface area contributed by atoms with Crippen molar-refractivity contribution in [2.24, 2.45) is 0 Å². The molecule has 24 heavy (non-hydrogen) atoms. The molecule has 0 spiro atoms. The average molecular weight is 325 g/mol. The van der Waals surface area contributed by atoms with Gasteiger partial charge in [-0.2, -0.15) is 10.4 Å². The van der Waals surface area contributed by atoms with E-state index in [9.17, 15) is 9.59 Å². The highest BCUT2D eigenvalue weighted by Gasteiger charge is 2.23. The van der Waals surface area contributed by atoms with E-state index in [-0.39, 0.29) is 12.5 Å². The van der Waals surface area contributed by atoms with Crippen LogP contribution in [-0.4, -0.2) is 39.6 Å². The van der Waals surface area contributed by atoms with Gasteiger partial charge in [-0.15, -0.1) is 0 Å². The largest absolute Gasteiger partial charge is 0.334 e. The standard InChI is InChI=1S/C17H19N5O2/c1-12-6-4-5-7-14(12)22-15(9-11-19-22)20-16(23)17(24)21(3)13(2)8-10-18/h4-7,9,11,13H,8H2,1-3H3,(H,20,23)/t13-/m1/s1. The van der Waals surface area contributed by atoms with Gasteiger partial charge in [-0.3, -0.25) is 9.59 Å². The van der Waals surface area contributed by atoms with Gasteiger partial charge in [0.2, 0.25) is 0 Å². The van der Waals surface area contributed by atoms with E-state index in [0.717, 1.165) is 11.3 Å². The molecule has 1 N–H and O–H groups in total. The first kappa shape index (κ1) is 17.2. The fraction of sp³-hybridized carbons (Fsp3) is 0.294. The van der Waals surface area contributed by atoms with Crippen molar-refractivity contribution in [3.05, 3.63) is 42.1 Å². The molecule has 7 heteroatoms. The van der Waals surface area contributed by atoms with E-state index in [2.05, 4.69) is 10.4 Å². The van der Waals surface area contributed by atoms with Crippen molar-refractivity contribution < 1.29 is 9.59 Å². The SMILES string of the molecule is Cc1ccccc1-n1nccc1NC(=O)C(=O)N(C)[C@H](C)CC#N. The first-order valence-electron chi connectivity index (χ1n) is 7.50. The third-order valence-corrected chi connectivity index (χ3v) is 3.79. The summed E-state index contributed by atoms with van der Waals surface area (Å²) < 4.78 is 1.57. The molecule has 0 fully saturated rings. The summed E-state index contributed by atoms with van der Waals surface area (Å²) in [5.41, 5.74) is 1.80. The molecule has 0 radical (unpaired) electrons. The Morgan fingerprint density at radius 2 is 2.08 bits per heavy atom. The molecule has 1 heterocycles. The minimum Gasteiger partial charge on any atom is -0.334 e. The van der Waals surface area contributed by atoms with Crippen molar-refractivity contribution in [3.63, 3.8) is 0 Å². The Morgan fingerprint density at radius 1 is 1.38 bits per heavy atom. The van der Waals surface area contributed by atoms with E-state index in [4.69, 9.17) is 5.26 Å². The highest BCUT2D eigenvalue weighted by Crippen LogP contribution is 2.18. The van der Waals surface area contributed by atoms with Gasteiger partial charge in [0.1, 0.15) is 5.82 Å². The highest BCUT2D eigenvalue weighted by atomic mass is 16.2. The molecule has 1 atom stereocenters. The summed E-state index contributed by atoms with van der Waals surface area (Å²) in [6.45, 7) is 3.65. The minimum atomic E-state index is -0.766. The zero-order valence-corrected chi connectivity index (χ0v) is 13.9. The second kappa shape index (κ2) is 7.42. The van der Waals surface area contributed by atoms with Gasteiger partial charge in [0.15, 0.2) is 0 Å². The van der Waals surface area contributed by atoms with E-state index in [0.29, 0.717) is 5.82 Å². The molecule has 0 unspecified atom stereocenters. The fourth-order valence-corrected chi connectivity index (χ4v) is 2.19. The first-order chi connectivity index (χ1) is 11.5. The van der Waals surface area contributed by atoms with Crippen LogP contribution in [0.3, 0.4) is 0 Å². The number of hydrogen-bond acceptors (Lipinski definition) is 4. The summed E-state index contributed by atoms with van der Waals surface area (Å²) in [5, 5.41) is 15.5. The van der Waals surface area contributed by atoms with Crippen LogP contribution in [-0.2, 0) is 9.59 Å². The maximum absolute atomic E-state index is 12.2. The van der Waals surface area contributed by atoms with E-state index < -0.39 is 11.8 Å². The molecule has 2 amide bonds. The predicted octanol–water partition coefficient (Wildman–Crippen LogP) is 1.88. The predicted molar refractivity (Wildman–Crippen MR) is 89.4 cm³/mol. The van der Waals surface area contributed by atoms with E-state index >= 15 is 0 Å². The Kier molecular flexibility index (Phi) is 5.32. The lowest BCUT2D eigenvalue weighted by Gasteiger charge is -2.22. The lowest BCUT2D eigenvalue weighted by molar-refractivity contribution is -0.143. The van der Waals surface area contributed by atoms with Gasteiger partial charge in [-0.25, -0.2) is 4.68 Å². The van der Waals surface area contributed by atoms with E-state index in [1.54, 1.807) is 23.9 Å². The number of likely N-dealkylation sites (N-methyl/N-ethyl adjacent to an activating group) is 1. The first-order valence-corrected chi connectivity index (χ1v) is 7.50. The van der Waals surface area contributed by atoms with Crippen molar-refractivity contribution in [2.45, 2.75) is 26.3 Å². The zero-order chi connectivity index (χ0) is 17.7. The second-order valence-corrected chi connectivity index (χ2v) is 5.50. The Bertz CT molecular complexity index is 790. The van der Waals surface area contributed by atoms with Crippen LogP contribution in [0, 0.1) is 18.3 Å². The molecule has 2 rings (SSSR count). The van der Waals surface area contributed by atoms with Gasteiger partial charge in [-0.1, -0.05) is 18.2 Å². The number of nitriles is 1. The van der Waals surface area contributed by atoms with Gasteiger partial charge in [0, 0.05) is 19.2 Å². The monoisotopic (exact) mass is 325 g/mol. The molecule has 7 nitrogen and oxygen atoms in total. The number of nitrogens with one attached hydrogen (secondary N) is 1. The van der Waals surface area contributed by atoms with Gasteiger partial charge in [-0.05, 0) is 25.5 Å². The maximum atomic E-state index is 12.2. The Hall–Kier alpha value is -3.14. The molecule has 1 aromatic carbocycles. The van der Waals surface area contributed by atoms with E-state index in [1.165, 1.54) is 11.9 Å². The van der Waals surface area contributed by atoms with Crippen LogP contribution in [0.1, 0.15) is 18.9 Å². The molecule has 0 bridgehead atoms. The summed E-state index contributed by atoms with van der Waals surface area (Å²) in [5.74, 6) is -1.06. The number of carbonyl (C=O) groups is 2. The van der Waals surface area contributed by atoms with Crippen LogP contribution < -0.4 is 5.32 Å². The third-order valence-electron chi connectivity index (χ3n) is 3.79. The van der Waals surface area contributed by atoms with Crippen LogP contribution >= 0.6 is 0 Å². The average Bonchev–Trinajstić information content (AvgIpc) is 3.02. The summed E-state index contributed by atoms with van der Waals surface area (Å²) in [7, 11) is 1.50. The molecule has 0 aliphatic rings. The summed E-state index contributed by atoms with van der Waals surface area (Å²) in [6.07, 6.45) is 1.71. The fourth-order valence-electron chi connectivity index (χ4n) is 2.19. The number of nitrogens with zero attached hydrogens (tertiary/aromatic N) is 4. The number of carbonyl (C=O) groups excluding carboxylic acids is 2. The third kappa shape index (κ3) is 3.60. The number of aryl methyl sites for hydroxylation is 1. The van der Waals surface area contributed by atoms with Crippen molar-refractivity contribution in [3.8, 4) is 11.8 Å². The lowest BCUT2D eigenvalue weighted by Crippen LogP contribution is -2.42. The summed E-state index contributed by atoms with van der Waals surface area (Å²) in [6, 6.07) is 10.9. The lowest BCUT2D eigenvalue weighted by atomic mass is 10.2. The second-order valence-electron chi connectivity index (χ2n) is 5.50. The molecule has 0 aliphatic carbocycles. The Balaban J connectivity index is 2.17. The van der Waals surface area contributed by atoms with Crippen molar-refractivity contribution >= 4 is 17.6 Å². The normalized spacial score (nSPS) is 11.4. The van der Waals surface area contributed by atoms with Crippen LogP contribution in [0.4, 0.5) is 5.82 Å². The maximum Gasteiger partial charge on any atom is 0.315 e. The molecule has 0 aliphatic heterocycles. The smallest absolute Gasteiger partial charge is 0.315 e. The number of para-hydroxylation sites is 1. The number of rotatable bonds is 4.